The number of piperazine rings is 1. The van der Waals surface area contributed by atoms with Gasteiger partial charge in [0.05, 0.1) is 0 Å². The summed E-state index contributed by atoms with van der Waals surface area (Å²) in [4.78, 5) is 23.6. The molecule has 2 atom stereocenters. The Balaban J connectivity index is 0. The molecule has 8 heteroatoms. The summed E-state index contributed by atoms with van der Waals surface area (Å²) in [6.07, 6.45) is 4.77. The fourth-order valence-electron chi connectivity index (χ4n) is 2.07. The van der Waals surface area contributed by atoms with Crippen molar-refractivity contribution in [3.05, 3.63) is 0 Å². The van der Waals surface area contributed by atoms with Gasteiger partial charge < -0.3 is 22.1 Å². The molecule has 6 nitrogen and oxygen atoms in total. The Hall–Kier alpha value is -0.560. The van der Waals surface area contributed by atoms with Gasteiger partial charge in [-0.3, -0.25) is 9.59 Å². The van der Waals surface area contributed by atoms with Gasteiger partial charge in [0, 0.05) is 0 Å². The Morgan fingerprint density at radius 3 is 1.40 bits per heavy atom. The molecule has 0 aromatic carbocycles. The number of unbranched alkanes of at least 4 members (excludes halogenated alkanes) is 2. The van der Waals surface area contributed by atoms with E-state index in [1.54, 1.807) is 0 Å². The van der Waals surface area contributed by atoms with E-state index in [9.17, 15) is 9.59 Å². The molecule has 1 rings (SSSR count). The van der Waals surface area contributed by atoms with Gasteiger partial charge in [-0.1, -0.05) is 0 Å². The van der Waals surface area contributed by atoms with Crippen LogP contribution in [0.25, 0.3) is 0 Å². The first-order chi connectivity index (χ1) is 8.69. The van der Waals surface area contributed by atoms with Crippen molar-refractivity contribution in [3.63, 3.8) is 0 Å². The average Bonchev–Trinajstić information content (AvgIpc) is 2.35. The molecular formula is C12H26Cl2N4O2. The van der Waals surface area contributed by atoms with Crippen LogP contribution < -0.4 is 22.1 Å². The summed E-state index contributed by atoms with van der Waals surface area (Å²) in [5.41, 5.74) is 10.8. The zero-order chi connectivity index (χ0) is 13.4. The van der Waals surface area contributed by atoms with E-state index < -0.39 is 12.1 Å². The predicted octanol–water partition coefficient (Wildman–Crippen LogP) is 0.0712. The van der Waals surface area contributed by atoms with Crippen molar-refractivity contribution < 1.29 is 9.59 Å². The number of nitrogens with one attached hydrogen (secondary N) is 2. The summed E-state index contributed by atoms with van der Waals surface area (Å²) < 4.78 is 0. The maximum atomic E-state index is 11.8. The van der Waals surface area contributed by atoms with Crippen molar-refractivity contribution in [2.45, 2.75) is 50.6 Å². The SMILES string of the molecule is Cl.Cl.NCCCC[C@@H]1NC(=O)[C@H](CCCCN)NC1=O. The van der Waals surface area contributed by atoms with E-state index in [1.165, 1.54) is 0 Å². The molecule has 6 N–H and O–H groups in total. The smallest absolute Gasteiger partial charge is 0.243 e. The highest BCUT2D eigenvalue weighted by Crippen LogP contribution is 2.09. The molecule has 1 fully saturated rings. The first-order valence-electron chi connectivity index (χ1n) is 6.70. The molecule has 0 aromatic rings. The largest absolute Gasteiger partial charge is 0.343 e. The number of carbonyl (C=O) groups excluding carboxylic acids is 2. The maximum Gasteiger partial charge on any atom is 0.243 e. The van der Waals surface area contributed by atoms with Crippen LogP contribution in [0, 0.1) is 0 Å². The minimum Gasteiger partial charge on any atom is -0.343 e. The van der Waals surface area contributed by atoms with Crippen molar-refractivity contribution in [2.24, 2.45) is 11.5 Å². The number of amides is 2. The van der Waals surface area contributed by atoms with E-state index in [0.717, 1.165) is 25.7 Å². The van der Waals surface area contributed by atoms with Crippen LogP contribution in [0.1, 0.15) is 38.5 Å². The van der Waals surface area contributed by atoms with Crippen molar-refractivity contribution >= 4 is 36.6 Å². The lowest BCUT2D eigenvalue weighted by Crippen LogP contribution is -2.61. The fourth-order valence-corrected chi connectivity index (χ4v) is 2.07. The number of hydrogen-bond donors (Lipinski definition) is 4. The zero-order valence-corrected chi connectivity index (χ0v) is 13.2. The lowest BCUT2D eigenvalue weighted by Gasteiger charge is -2.29. The highest BCUT2D eigenvalue weighted by atomic mass is 35.5. The van der Waals surface area contributed by atoms with E-state index >= 15 is 0 Å². The minimum atomic E-state index is -0.394. The average molecular weight is 329 g/mol. The summed E-state index contributed by atoms with van der Waals surface area (Å²) in [6, 6.07) is -0.787. The lowest BCUT2D eigenvalue weighted by molar-refractivity contribution is -0.137. The molecule has 0 radical (unpaired) electrons. The van der Waals surface area contributed by atoms with Crippen LogP contribution in [0.4, 0.5) is 0 Å². The predicted molar refractivity (Wildman–Crippen MR) is 84.2 cm³/mol. The Bertz CT molecular complexity index is 265. The van der Waals surface area contributed by atoms with Crippen LogP contribution in [-0.4, -0.2) is 37.0 Å². The second-order valence-corrected chi connectivity index (χ2v) is 4.69. The summed E-state index contributed by atoms with van der Waals surface area (Å²) in [5, 5.41) is 5.56. The van der Waals surface area contributed by atoms with Gasteiger partial charge in [0.25, 0.3) is 0 Å². The van der Waals surface area contributed by atoms with Crippen LogP contribution in [0.3, 0.4) is 0 Å². The molecule has 1 heterocycles. The molecule has 120 valence electrons. The number of rotatable bonds is 8. The standard InChI is InChI=1S/C12H24N4O2.2ClH/c13-7-3-1-5-9-11(17)16-10(12(18)15-9)6-2-4-8-14;;/h9-10H,1-8,13-14H2,(H,15,18)(H,16,17);2*1H/t9-,10-;;/m0../s1. The van der Waals surface area contributed by atoms with Gasteiger partial charge in [-0.2, -0.15) is 0 Å². The quantitative estimate of drug-likeness (QED) is 0.472. The maximum absolute atomic E-state index is 11.8. The van der Waals surface area contributed by atoms with Gasteiger partial charge in [0.15, 0.2) is 0 Å². The van der Waals surface area contributed by atoms with Crippen LogP contribution in [-0.2, 0) is 9.59 Å². The van der Waals surface area contributed by atoms with Gasteiger partial charge in [-0.25, -0.2) is 0 Å². The fraction of sp³-hybridized carbons (Fsp3) is 0.833. The molecule has 0 aliphatic carbocycles. The Morgan fingerprint density at radius 1 is 0.750 bits per heavy atom. The van der Waals surface area contributed by atoms with Gasteiger partial charge in [-0.05, 0) is 51.6 Å². The number of carbonyl (C=O) groups is 2. The molecule has 1 saturated heterocycles. The molecule has 0 saturated carbocycles. The topological polar surface area (TPSA) is 110 Å². The molecular weight excluding hydrogens is 303 g/mol. The number of halogens is 2. The highest BCUT2D eigenvalue weighted by Gasteiger charge is 2.32. The molecule has 0 bridgehead atoms. The first kappa shape index (κ1) is 21.7. The molecule has 20 heavy (non-hydrogen) atoms. The third-order valence-electron chi connectivity index (χ3n) is 3.16. The number of nitrogens with two attached hydrogens (primary N) is 2. The summed E-state index contributed by atoms with van der Waals surface area (Å²) in [7, 11) is 0. The zero-order valence-electron chi connectivity index (χ0n) is 11.6. The molecule has 1 aliphatic rings. The Morgan fingerprint density at radius 2 is 1.10 bits per heavy atom. The van der Waals surface area contributed by atoms with Crippen molar-refractivity contribution in [1.29, 1.82) is 0 Å². The van der Waals surface area contributed by atoms with Crippen molar-refractivity contribution in [2.75, 3.05) is 13.1 Å². The summed E-state index contributed by atoms with van der Waals surface area (Å²) in [6.45, 7) is 1.23. The third kappa shape index (κ3) is 7.28. The third-order valence-corrected chi connectivity index (χ3v) is 3.16. The van der Waals surface area contributed by atoms with E-state index in [1.807, 2.05) is 0 Å². The normalized spacial score (nSPS) is 21.3. The van der Waals surface area contributed by atoms with E-state index in [2.05, 4.69) is 10.6 Å². The van der Waals surface area contributed by atoms with Crippen LogP contribution in [0.5, 0.6) is 0 Å². The van der Waals surface area contributed by atoms with Crippen LogP contribution in [0.15, 0.2) is 0 Å². The Kier molecular flexibility index (Phi) is 13.3. The number of hydrogen-bond acceptors (Lipinski definition) is 4. The van der Waals surface area contributed by atoms with Crippen molar-refractivity contribution in [1.82, 2.24) is 10.6 Å². The molecule has 0 aromatic heterocycles. The van der Waals surface area contributed by atoms with Crippen molar-refractivity contribution in [3.8, 4) is 0 Å². The minimum absolute atomic E-state index is 0. The van der Waals surface area contributed by atoms with Gasteiger partial charge in [-0.15, -0.1) is 24.8 Å². The second-order valence-electron chi connectivity index (χ2n) is 4.69. The van der Waals surface area contributed by atoms with Gasteiger partial charge >= 0.3 is 0 Å². The summed E-state index contributed by atoms with van der Waals surface area (Å²) >= 11 is 0. The molecule has 0 unspecified atom stereocenters. The van der Waals surface area contributed by atoms with Gasteiger partial charge in [0.2, 0.25) is 11.8 Å². The highest BCUT2D eigenvalue weighted by molar-refractivity contribution is 5.96. The van der Waals surface area contributed by atoms with E-state index in [0.29, 0.717) is 25.9 Å². The van der Waals surface area contributed by atoms with Crippen LogP contribution >= 0.6 is 24.8 Å². The van der Waals surface area contributed by atoms with Crippen LogP contribution in [0.2, 0.25) is 0 Å². The van der Waals surface area contributed by atoms with Gasteiger partial charge in [0.1, 0.15) is 12.1 Å². The first-order valence-corrected chi connectivity index (χ1v) is 6.70. The van der Waals surface area contributed by atoms with E-state index in [-0.39, 0.29) is 36.6 Å². The van der Waals surface area contributed by atoms with E-state index in [4.69, 9.17) is 11.5 Å². The Labute approximate surface area is 132 Å². The second kappa shape index (κ2) is 12.2. The molecule has 2 amide bonds. The lowest BCUT2D eigenvalue weighted by atomic mass is 10.0. The molecule has 0 spiro atoms. The monoisotopic (exact) mass is 328 g/mol. The summed E-state index contributed by atoms with van der Waals surface area (Å²) in [5.74, 6) is -0.159. The molecule has 1 aliphatic heterocycles.